The Morgan fingerprint density at radius 3 is 1.54 bits per heavy atom. The second kappa shape index (κ2) is 3.43. The molecule has 1 unspecified atom stereocenters. The predicted molar refractivity (Wildman–Crippen MR) is 57.9 cm³/mol. The van der Waals surface area contributed by atoms with Gasteiger partial charge in [0.1, 0.15) is 5.60 Å². The third-order valence-corrected chi connectivity index (χ3v) is 3.18. The lowest BCUT2D eigenvalue weighted by Crippen LogP contribution is -2.48. The van der Waals surface area contributed by atoms with Crippen molar-refractivity contribution in [1.29, 1.82) is 5.26 Å². The molecule has 0 N–H and O–H groups in total. The molecule has 0 aliphatic heterocycles. The second-order valence-electron chi connectivity index (χ2n) is 5.61. The molecule has 0 saturated heterocycles. The highest BCUT2D eigenvalue weighted by atomic mass is 28.4. The molecule has 0 aliphatic carbocycles. The fourth-order valence-electron chi connectivity index (χ4n) is 0.956. The molecule has 0 aromatic heterocycles. The number of hydrogen-bond acceptors (Lipinski definition) is 2. The molecular formula is C10H21NOSi. The van der Waals surface area contributed by atoms with Gasteiger partial charge in [0.25, 0.3) is 0 Å². The van der Waals surface area contributed by atoms with E-state index in [2.05, 4.69) is 25.7 Å². The standard InChI is InChI=1S/C10H21NOSi/c1-9(2,3)10(4,8-11)12-13(5,6)7/h1-7H3. The van der Waals surface area contributed by atoms with E-state index >= 15 is 0 Å². The van der Waals surface area contributed by atoms with Crippen molar-refractivity contribution in [1.82, 2.24) is 0 Å². The molecule has 0 fully saturated rings. The monoisotopic (exact) mass is 199 g/mol. The van der Waals surface area contributed by atoms with E-state index in [1.165, 1.54) is 0 Å². The van der Waals surface area contributed by atoms with Gasteiger partial charge in [-0.15, -0.1) is 0 Å². The van der Waals surface area contributed by atoms with Crippen molar-refractivity contribution in [2.24, 2.45) is 5.41 Å². The van der Waals surface area contributed by atoms with Crippen molar-refractivity contribution in [3.05, 3.63) is 0 Å². The maximum atomic E-state index is 9.13. The smallest absolute Gasteiger partial charge is 0.185 e. The van der Waals surface area contributed by atoms with Gasteiger partial charge in [0, 0.05) is 5.41 Å². The molecule has 2 nitrogen and oxygen atoms in total. The number of nitriles is 1. The van der Waals surface area contributed by atoms with Gasteiger partial charge in [-0.2, -0.15) is 5.26 Å². The van der Waals surface area contributed by atoms with E-state index in [0.29, 0.717) is 0 Å². The van der Waals surface area contributed by atoms with Crippen molar-refractivity contribution in [3.8, 4) is 6.07 Å². The van der Waals surface area contributed by atoms with E-state index in [1.54, 1.807) is 0 Å². The fraction of sp³-hybridized carbons (Fsp3) is 0.900. The van der Waals surface area contributed by atoms with Gasteiger partial charge >= 0.3 is 0 Å². The topological polar surface area (TPSA) is 33.0 Å². The average molecular weight is 199 g/mol. The molecule has 0 spiro atoms. The summed E-state index contributed by atoms with van der Waals surface area (Å²) in [5.41, 5.74) is -0.806. The van der Waals surface area contributed by atoms with Crippen molar-refractivity contribution >= 4 is 8.32 Å². The Hall–Kier alpha value is -0.333. The van der Waals surface area contributed by atoms with Crippen molar-refractivity contribution in [3.63, 3.8) is 0 Å². The van der Waals surface area contributed by atoms with E-state index in [1.807, 2.05) is 27.7 Å². The lowest BCUT2D eigenvalue weighted by atomic mass is 9.79. The first kappa shape index (κ1) is 12.7. The summed E-state index contributed by atoms with van der Waals surface area (Å²) in [5, 5.41) is 9.13. The lowest BCUT2D eigenvalue weighted by Gasteiger charge is -2.40. The van der Waals surface area contributed by atoms with Crippen LogP contribution < -0.4 is 0 Å². The van der Waals surface area contributed by atoms with E-state index in [4.69, 9.17) is 9.69 Å². The van der Waals surface area contributed by atoms with E-state index in [9.17, 15) is 0 Å². The first-order valence-corrected chi connectivity index (χ1v) is 8.04. The zero-order chi connectivity index (χ0) is 10.9. The molecule has 76 valence electrons. The molecular weight excluding hydrogens is 178 g/mol. The molecule has 0 rings (SSSR count). The summed E-state index contributed by atoms with van der Waals surface area (Å²) in [6, 6.07) is 2.29. The minimum absolute atomic E-state index is 0.137. The summed E-state index contributed by atoms with van der Waals surface area (Å²) in [5.74, 6) is 0. The van der Waals surface area contributed by atoms with Crippen LogP contribution in [0, 0.1) is 16.7 Å². The SMILES string of the molecule is CC(C)(C)C(C)(C#N)O[Si](C)(C)C. The van der Waals surface area contributed by atoms with E-state index in [-0.39, 0.29) is 5.41 Å². The quantitative estimate of drug-likeness (QED) is 0.640. The van der Waals surface area contributed by atoms with Crippen LogP contribution >= 0.6 is 0 Å². The van der Waals surface area contributed by atoms with Crippen LogP contribution in [0.1, 0.15) is 27.7 Å². The van der Waals surface area contributed by atoms with Crippen LogP contribution in [0.25, 0.3) is 0 Å². The highest BCUT2D eigenvalue weighted by molar-refractivity contribution is 6.69. The molecule has 0 aliphatic rings. The largest absolute Gasteiger partial charge is 0.400 e. The van der Waals surface area contributed by atoms with Crippen molar-refractivity contribution < 1.29 is 4.43 Å². The number of rotatable bonds is 2. The molecule has 0 radical (unpaired) electrons. The minimum Gasteiger partial charge on any atom is -0.400 e. The van der Waals surface area contributed by atoms with Crippen LogP contribution in [-0.2, 0) is 4.43 Å². The molecule has 0 amide bonds. The summed E-state index contributed by atoms with van der Waals surface area (Å²) in [6.45, 7) is 14.3. The molecule has 0 aromatic carbocycles. The van der Waals surface area contributed by atoms with E-state index < -0.39 is 13.9 Å². The maximum Gasteiger partial charge on any atom is 0.185 e. The van der Waals surface area contributed by atoms with Gasteiger partial charge in [0.05, 0.1) is 6.07 Å². The Morgan fingerprint density at radius 1 is 1.08 bits per heavy atom. The lowest BCUT2D eigenvalue weighted by molar-refractivity contribution is 0.0283. The van der Waals surface area contributed by atoms with Crippen LogP contribution in [0.2, 0.25) is 19.6 Å². The Balaban J connectivity index is 4.81. The van der Waals surface area contributed by atoms with Crippen LogP contribution in [0.3, 0.4) is 0 Å². The van der Waals surface area contributed by atoms with Crippen molar-refractivity contribution in [2.45, 2.75) is 52.9 Å². The molecule has 3 heteroatoms. The van der Waals surface area contributed by atoms with Crippen LogP contribution in [0.15, 0.2) is 0 Å². The minimum atomic E-state index is -1.65. The highest BCUT2D eigenvalue weighted by Crippen LogP contribution is 2.35. The average Bonchev–Trinajstić information content (AvgIpc) is 1.81. The molecule has 1 atom stereocenters. The third-order valence-electron chi connectivity index (χ3n) is 2.15. The molecule has 0 bridgehead atoms. The highest BCUT2D eigenvalue weighted by Gasteiger charge is 2.42. The summed E-state index contributed by atoms with van der Waals surface area (Å²) < 4.78 is 5.92. The van der Waals surface area contributed by atoms with Crippen LogP contribution in [0.5, 0.6) is 0 Å². The zero-order valence-corrected chi connectivity index (χ0v) is 10.9. The van der Waals surface area contributed by atoms with Gasteiger partial charge < -0.3 is 4.43 Å². The summed E-state index contributed by atoms with van der Waals surface area (Å²) in [7, 11) is -1.65. The second-order valence-corrected chi connectivity index (χ2v) is 10.0. The van der Waals surface area contributed by atoms with E-state index in [0.717, 1.165) is 0 Å². The van der Waals surface area contributed by atoms with Gasteiger partial charge in [-0.1, -0.05) is 20.8 Å². The molecule has 0 aromatic rings. The summed E-state index contributed by atoms with van der Waals surface area (Å²) in [4.78, 5) is 0. The first-order valence-electron chi connectivity index (χ1n) is 4.63. The van der Waals surface area contributed by atoms with Gasteiger partial charge in [-0.25, -0.2) is 0 Å². The maximum absolute atomic E-state index is 9.13. The van der Waals surface area contributed by atoms with Crippen molar-refractivity contribution in [2.75, 3.05) is 0 Å². The normalized spacial score (nSPS) is 17.7. The van der Waals surface area contributed by atoms with Gasteiger partial charge in [-0.05, 0) is 26.6 Å². The van der Waals surface area contributed by atoms with Crippen LogP contribution in [0.4, 0.5) is 0 Å². The Bertz CT molecular complexity index is 219. The predicted octanol–water partition coefficient (Wildman–Crippen LogP) is 3.17. The Morgan fingerprint density at radius 2 is 1.46 bits per heavy atom. The molecule has 13 heavy (non-hydrogen) atoms. The zero-order valence-electron chi connectivity index (χ0n) is 9.86. The molecule has 0 saturated carbocycles. The van der Waals surface area contributed by atoms with Gasteiger partial charge in [-0.3, -0.25) is 0 Å². The number of nitrogens with zero attached hydrogens (tertiary/aromatic N) is 1. The summed E-state index contributed by atoms with van der Waals surface area (Å²) >= 11 is 0. The van der Waals surface area contributed by atoms with Gasteiger partial charge in [0.2, 0.25) is 0 Å². The Labute approximate surface area is 83.0 Å². The Kier molecular flexibility index (Phi) is 3.34. The van der Waals surface area contributed by atoms with Gasteiger partial charge in [0.15, 0.2) is 8.32 Å². The number of hydrogen-bond donors (Lipinski definition) is 0. The van der Waals surface area contributed by atoms with Crippen LogP contribution in [-0.4, -0.2) is 13.9 Å². The third kappa shape index (κ3) is 3.49. The summed E-state index contributed by atoms with van der Waals surface area (Å²) in [6.07, 6.45) is 0. The first-order chi connectivity index (χ1) is 5.52. The molecule has 0 heterocycles. The fourth-order valence-corrected chi connectivity index (χ4v) is 2.53.